The topological polar surface area (TPSA) is 67.6 Å². The second kappa shape index (κ2) is 6.73. The van der Waals surface area contributed by atoms with Gasteiger partial charge in [0.25, 0.3) is 0 Å². The lowest BCUT2D eigenvalue weighted by atomic mass is 10.2. The number of hydrogen-bond donors (Lipinski definition) is 1. The summed E-state index contributed by atoms with van der Waals surface area (Å²) in [7, 11) is 1.66. The number of carbonyl (C=O) groups excluding carboxylic acids is 1. The molecule has 6 heteroatoms. The number of amides is 1. The van der Waals surface area contributed by atoms with Crippen LogP contribution in [0.2, 0.25) is 0 Å². The number of aryl methyl sites for hydroxylation is 1. The molecule has 3 rings (SSSR count). The van der Waals surface area contributed by atoms with Crippen molar-refractivity contribution in [2.75, 3.05) is 25.1 Å². The van der Waals surface area contributed by atoms with E-state index in [1.807, 2.05) is 31.2 Å². The van der Waals surface area contributed by atoms with E-state index in [-0.39, 0.29) is 18.4 Å². The number of aromatic nitrogens is 1. The maximum Gasteiger partial charge on any atom is 0.228 e. The Bertz CT molecular complexity index is 666. The van der Waals surface area contributed by atoms with Gasteiger partial charge in [-0.05, 0) is 37.6 Å². The van der Waals surface area contributed by atoms with Gasteiger partial charge in [-0.3, -0.25) is 4.79 Å². The van der Waals surface area contributed by atoms with Crippen LogP contribution in [-0.2, 0) is 11.2 Å². The van der Waals surface area contributed by atoms with Crippen LogP contribution in [0.5, 0.6) is 5.75 Å². The third kappa shape index (κ3) is 3.83. The minimum atomic E-state index is -0.0252. The second-order valence-corrected chi connectivity index (χ2v) is 5.81. The molecule has 0 saturated carbocycles. The van der Waals surface area contributed by atoms with Crippen molar-refractivity contribution in [3.8, 4) is 5.75 Å². The molecule has 0 bridgehead atoms. The Hall–Kier alpha value is -2.50. The van der Waals surface area contributed by atoms with E-state index in [2.05, 4.69) is 15.4 Å². The van der Waals surface area contributed by atoms with Crippen LogP contribution in [-0.4, -0.2) is 37.3 Å². The third-order valence-corrected chi connectivity index (χ3v) is 4.00. The van der Waals surface area contributed by atoms with Gasteiger partial charge in [0.2, 0.25) is 5.91 Å². The van der Waals surface area contributed by atoms with Crippen molar-refractivity contribution in [1.82, 2.24) is 10.5 Å². The highest BCUT2D eigenvalue weighted by Gasteiger charge is 2.24. The van der Waals surface area contributed by atoms with Gasteiger partial charge in [0, 0.05) is 30.9 Å². The normalized spacial score (nSPS) is 17.3. The molecule has 0 aliphatic carbocycles. The molecule has 122 valence electrons. The van der Waals surface area contributed by atoms with Gasteiger partial charge < -0.3 is 19.5 Å². The average Bonchev–Trinajstić information content (AvgIpc) is 3.16. The van der Waals surface area contributed by atoms with E-state index in [0.717, 1.165) is 36.6 Å². The van der Waals surface area contributed by atoms with Crippen molar-refractivity contribution in [2.45, 2.75) is 25.8 Å². The molecule has 2 heterocycles. The molecule has 1 saturated heterocycles. The average molecular weight is 315 g/mol. The summed E-state index contributed by atoms with van der Waals surface area (Å²) in [4.78, 5) is 14.3. The molecule has 1 atom stereocenters. The van der Waals surface area contributed by atoms with E-state index in [1.54, 1.807) is 13.2 Å². The molecular formula is C17H21N3O3. The highest BCUT2D eigenvalue weighted by molar-refractivity contribution is 5.78. The Balaban J connectivity index is 1.51. The Kier molecular flexibility index (Phi) is 4.50. The Morgan fingerprint density at radius 3 is 2.87 bits per heavy atom. The summed E-state index contributed by atoms with van der Waals surface area (Å²) in [6.45, 7) is 3.58. The van der Waals surface area contributed by atoms with E-state index in [9.17, 15) is 4.79 Å². The Morgan fingerprint density at radius 2 is 2.22 bits per heavy atom. The molecule has 1 aliphatic rings. The number of nitrogens with one attached hydrogen (secondary N) is 1. The number of rotatable bonds is 5. The van der Waals surface area contributed by atoms with Crippen molar-refractivity contribution in [1.29, 1.82) is 0 Å². The summed E-state index contributed by atoms with van der Waals surface area (Å²) >= 11 is 0. The number of anilines is 1. The summed E-state index contributed by atoms with van der Waals surface area (Å²) in [6, 6.07) is 9.94. The minimum Gasteiger partial charge on any atom is -0.497 e. The predicted molar refractivity (Wildman–Crippen MR) is 86.7 cm³/mol. The molecule has 2 aromatic rings. The van der Waals surface area contributed by atoms with Gasteiger partial charge in [-0.2, -0.15) is 0 Å². The third-order valence-electron chi connectivity index (χ3n) is 4.00. The lowest BCUT2D eigenvalue weighted by Crippen LogP contribution is -2.37. The van der Waals surface area contributed by atoms with Crippen LogP contribution in [0.3, 0.4) is 0 Å². The highest BCUT2D eigenvalue weighted by Crippen LogP contribution is 2.23. The number of carbonyl (C=O) groups is 1. The van der Waals surface area contributed by atoms with Gasteiger partial charge in [-0.15, -0.1) is 0 Å². The molecule has 23 heavy (non-hydrogen) atoms. The van der Waals surface area contributed by atoms with Gasteiger partial charge in [-0.1, -0.05) is 5.16 Å². The van der Waals surface area contributed by atoms with Crippen molar-refractivity contribution < 1.29 is 14.1 Å². The van der Waals surface area contributed by atoms with Gasteiger partial charge in [0.1, 0.15) is 11.5 Å². The lowest BCUT2D eigenvalue weighted by Gasteiger charge is -2.19. The molecule has 6 nitrogen and oxygen atoms in total. The van der Waals surface area contributed by atoms with E-state index >= 15 is 0 Å². The number of nitrogens with zero attached hydrogens (tertiary/aromatic N) is 2. The number of methoxy groups -OCH3 is 1. The summed E-state index contributed by atoms with van der Waals surface area (Å²) in [6.07, 6.45) is 1.17. The van der Waals surface area contributed by atoms with Gasteiger partial charge in [0.05, 0.1) is 19.2 Å². The first-order chi connectivity index (χ1) is 11.1. The van der Waals surface area contributed by atoms with Crippen LogP contribution in [0, 0.1) is 6.92 Å². The van der Waals surface area contributed by atoms with Crippen LogP contribution in [0.15, 0.2) is 34.9 Å². The SMILES string of the molecule is COc1ccc(N2CCC(NC(=O)Cc3cc(C)no3)C2)cc1. The smallest absolute Gasteiger partial charge is 0.228 e. The molecule has 1 unspecified atom stereocenters. The van der Waals surface area contributed by atoms with Crippen LogP contribution in [0.25, 0.3) is 0 Å². The molecular weight excluding hydrogens is 294 g/mol. The molecule has 1 aromatic heterocycles. The molecule has 1 aromatic carbocycles. The maximum absolute atomic E-state index is 12.1. The van der Waals surface area contributed by atoms with Crippen molar-refractivity contribution in [3.63, 3.8) is 0 Å². The van der Waals surface area contributed by atoms with E-state index < -0.39 is 0 Å². The first-order valence-electron chi connectivity index (χ1n) is 7.74. The monoisotopic (exact) mass is 315 g/mol. The largest absolute Gasteiger partial charge is 0.497 e. The maximum atomic E-state index is 12.1. The fourth-order valence-electron chi connectivity index (χ4n) is 2.84. The van der Waals surface area contributed by atoms with Crippen molar-refractivity contribution in [2.24, 2.45) is 0 Å². The van der Waals surface area contributed by atoms with Gasteiger partial charge >= 0.3 is 0 Å². The van der Waals surface area contributed by atoms with E-state index in [4.69, 9.17) is 9.26 Å². The van der Waals surface area contributed by atoms with Gasteiger partial charge in [0.15, 0.2) is 0 Å². The van der Waals surface area contributed by atoms with Crippen molar-refractivity contribution in [3.05, 3.63) is 41.8 Å². The number of hydrogen-bond acceptors (Lipinski definition) is 5. The molecule has 1 aliphatic heterocycles. The minimum absolute atomic E-state index is 0.0252. The second-order valence-electron chi connectivity index (χ2n) is 5.81. The first kappa shape index (κ1) is 15.4. The summed E-state index contributed by atoms with van der Waals surface area (Å²) in [5.74, 6) is 1.42. The zero-order valence-corrected chi connectivity index (χ0v) is 13.4. The summed E-state index contributed by atoms with van der Waals surface area (Å²) in [5.41, 5.74) is 1.94. The highest BCUT2D eigenvalue weighted by atomic mass is 16.5. The Morgan fingerprint density at radius 1 is 1.43 bits per heavy atom. The predicted octanol–water partition coefficient (Wildman–Crippen LogP) is 1.93. The molecule has 0 radical (unpaired) electrons. The summed E-state index contributed by atoms with van der Waals surface area (Å²) < 4.78 is 10.3. The van der Waals surface area contributed by atoms with Gasteiger partial charge in [-0.25, -0.2) is 0 Å². The molecule has 1 fully saturated rings. The van der Waals surface area contributed by atoms with E-state index in [1.165, 1.54) is 0 Å². The quantitative estimate of drug-likeness (QED) is 0.913. The van der Waals surface area contributed by atoms with Crippen LogP contribution < -0.4 is 15.0 Å². The standard InChI is InChI=1S/C17H21N3O3/c1-12-9-16(23-19-12)10-17(21)18-13-7-8-20(11-13)14-3-5-15(22-2)6-4-14/h3-6,9,13H,7-8,10-11H2,1-2H3,(H,18,21). The summed E-state index contributed by atoms with van der Waals surface area (Å²) in [5, 5.41) is 6.86. The zero-order chi connectivity index (χ0) is 16.2. The number of ether oxygens (including phenoxy) is 1. The molecule has 1 amide bonds. The molecule has 1 N–H and O–H groups in total. The fourth-order valence-corrected chi connectivity index (χ4v) is 2.84. The van der Waals surface area contributed by atoms with E-state index in [0.29, 0.717) is 5.76 Å². The van der Waals surface area contributed by atoms with Crippen LogP contribution in [0.4, 0.5) is 5.69 Å². The Labute approximate surface area is 135 Å². The van der Waals surface area contributed by atoms with Crippen molar-refractivity contribution >= 4 is 11.6 Å². The lowest BCUT2D eigenvalue weighted by molar-refractivity contribution is -0.121. The van der Waals surface area contributed by atoms with Crippen LogP contribution in [0.1, 0.15) is 17.9 Å². The zero-order valence-electron chi connectivity index (χ0n) is 13.4. The molecule has 0 spiro atoms. The first-order valence-corrected chi connectivity index (χ1v) is 7.74. The fraction of sp³-hybridized carbons (Fsp3) is 0.412. The number of benzene rings is 1. The van der Waals surface area contributed by atoms with Crippen LogP contribution >= 0.6 is 0 Å².